The molecule has 1 aromatic carbocycles. The standard InChI is InChI=1S/C14H19FN2O/c15-12-3-1-2-10-9-17(7-5-11(10)12)13-4-6-16-8-14(13)18/h1-3,13-14,16,18H,4-9H2. The zero-order valence-corrected chi connectivity index (χ0v) is 10.4. The Morgan fingerprint density at radius 1 is 1.39 bits per heavy atom. The van der Waals surface area contributed by atoms with E-state index in [0.29, 0.717) is 6.54 Å². The van der Waals surface area contributed by atoms with Crippen molar-refractivity contribution in [3.8, 4) is 0 Å². The third-order valence-electron chi connectivity index (χ3n) is 4.12. The van der Waals surface area contributed by atoms with E-state index >= 15 is 0 Å². The van der Waals surface area contributed by atoms with Crippen molar-refractivity contribution in [2.75, 3.05) is 19.6 Å². The van der Waals surface area contributed by atoms with Crippen LogP contribution in [0.1, 0.15) is 17.5 Å². The fourth-order valence-electron chi connectivity index (χ4n) is 3.12. The summed E-state index contributed by atoms with van der Waals surface area (Å²) >= 11 is 0. The summed E-state index contributed by atoms with van der Waals surface area (Å²) in [6, 6.07) is 5.52. The van der Waals surface area contributed by atoms with E-state index < -0.39 is 0 Å². The maximum Gasteiger partial charge on any atom is 0.126 e. The number of aliphatic hydroxyl groups is 1. The highest BCUT2D eigenvalue weighted by molar-refractivity contribution is 5.30. The summed E-state index contributed by atoms with van der Waals surface area (Å²) in [6.07, 6.45) is 1.40. The lowest BCUT2D eigenvalue weighted by Gasteiger charge is -2.40. The van der Waals surface area contributed by atoms with Crippen molar-refractivity contribution in [2.45, 2.75) is 31.5 Å². The second-order valence-corrected chi connectivity index (χ2v) is 5.23. The predicted molar refractivity (Wildman–Crippen MR) is 67.8 cm³/mol. The van der Waals surface area contributed by atoms with Crippen LogP contribution < -0.4 is 5.32 Å². The molecule has 0 aliphatic carbocycles. The average molecular weight is 250 g/mol. The van der Waals surface area contributed by atoms with Gasteiger partial charge < -0.3 is 10.4 Å². The number of benzene rings is 1. The smallest absolute Gasteiger partial charge is 0.126 e. The molecule has 0 saturated carbocycles. The largest absolute Gasteiger partial charge is 0.390 e. The SMILES string of the molecule is OC1CNCCC1N1CCc2c(F)cccc2C1. The van der Waals surface area contributed by atoms with Crippen LogP contribution in [0.2, 0.25) is 0 Å². The highest BCUT2D eigenvalue weighted by atomic mass is 19.1. The van der Waals surface area contributed by atoms with Crippen molar-refractivity contribution in [1.29, 1.82) is 0 Å². The second-order valence-electron chi connectivity index (χ2n) is 5.23. The van der Waals surface area contributed by atoms with E-state index in [1.807, 2.05) is 6.07 Å². The molecule has 2 atom stereocenters. The van der Waals surface area contributed by atoms with E-state index in [-0.39, 0.29) is 18.0 Å². The van der Waals surface area contributed by atoms with Crippen LogP contribution >= 0.6 is 0 Å². The molecule has 1 aromatic rings. The van der Waals surface area contributed by atoms with Gasteiger partial charge in [0.2, 0.25) is 0 Å². The third kappa shape index (κ3) is 2.16. The first kappa shape index (κ1) is 12.1. The van der Waals surface area contributed by atoms with Crippen molar-refractivity contribution in [3.63, 3.8) is 0 Å². The van der Waals surface area contributed by atoms with Gasteiger partial charge in [-0.25, -0.2) is 4.39 Å². The molecule has 2 aliphatic heterocycles. The van der Waals surface area contributed by atoms with Crippen LogP contribution in [0.25, 0.3) is 0 Å². The Kier molecular flexibility index (Phi) is 3.33. The van der Waals surface area contributed by atoms with Crippen LogP contribution in [0.5, 0.6) is 0 Å². The third-order valence-corrected chi connectivity index (χ3v) is 4.12. The number of nitrogens with zero attached hydrogens (tertiary/aromatic N) is 1. The monoisotopic (exact) mass is 250 g/mol. The van der Waals surface area contributed by atoms with E-state index in [1.54, 1.807) is 6.07 Å². The van der Waals surface area contributed by atoms with E-state index in [9.17, 15) is 9.50 Å². The minimum atomic E-state index is -0.311. The van der Waals surface area contributed by atoms with Crippen LogP contribution in [0, 0.1) is 5.82 Å². The number of hydrogen-bond acceptors (Lipinski definition) is 3. The number of rotatable bonds is 1. The molecule has 3 rings (SSSR count). The molecule has 2 aliphatic rings. The quantitative estimate of drug-likeness (QED) is 0.777. The minimum absolute atomic E-state index is 0.0852. The maximum absolute atomic E-state index is 13.6. The van der Waals surface area contributed by atoms with E-state index in [1.165, 1.54) is 6.07 Å². The fourth-order valence-corrected chi connectivity index (χ4v) is 3.12. The van der Waals surface area contributed by atoms with E-state index in [4.69, 9.17) is 0 Å². The van der Waals surface area contributed by atoms with Crippen molar-refractivity contribution >= 4 is 0 Å². The number of piperidine rings is 1. The molecule has 0 amide bonds. The molecule has 1 fully saturated rings. The van der Waals surface area contributed by atoms with Gasteiger partial charge in [-0.15, -0.1) is 0 Å². The zero-order valence-electron chi connectivity index (χ0n) is 10.4. The Labute approximate surface area is 107 Å². The van der Waals surface area contributed by atoms with Gasteiger partial charge >= 0.3 is 0 Å². The van der Waals surface area contributed by atoms with Crippen molar-refractivity contribution in [3.05, 3.63) is 35.1 Å². The van der Waals surface area contributed by atoms with Gasteiger partial charge in [0.05, 0.1) is 6.10 Å². The zero-order chi connectivity index (χ0) is 12.5. The van der Waals surface area contributed by atoms with Gasteiger partial charge in [-0.1, -0.05) is 12.1 Å². The van der Waals surface area contributed by atoms with Gasteiger partial charge in [0.15, 0.2) is 0 Å². The molecule has 0 radical (unpaired) electrons. The number of halogens is 1. The summed E-state index contributed by atoms with van der Waals surface area (Å²) in [5.74, 6) is -0.0852. The van der Waals surface area contributed by atoms with Crippen molar-refractivity contribution in [1.82, 2.24) is 10.2 Å². The van der Waals surface area contributed by atoms with E-state index in [2.05, 4.69) is 10.2 Å². The summed E-state index contributed by atoms with van der Waals surface area (Å²) in [5.41, 5.74) is 1.93. The molecule has 1 saturated heterocycles. The molecule has 98 valence electrons. The number of aliphatic hydroxyl groups excluding tert-OH is 1. The summed E-state index contributed by atoms with van der Waals surface area (Å²) in [7, 11) is 0. The highest BCUT2D eigenvalue weighted by Gasteiger charge is 2.31. The van der Waals surface area contributed by atoms with E-state index in [0.717, 1.165) is 43.6 Å². The van der Waals surface area contributed by atoms with Crippen LogP contribution in [0.3, 0.4) is 0 Å². The normalized spacial score (nSPS) is 29.0. The highest BCUT2D eigenvalue weighted by Crippen LogP contribution is 2.25. The molecule has 18 heavy (non-hydrogen) atoms. The van der Waals surface area contributed by atoms with Gasteiger partial charge in [0, 0.05) is 25.7 Å². The molecular formula is C14H19FN2O. The number of nitrogens with one attached hydrogen (secondary N) is 1. The van der Waals surface area contributed by atoms with Crippen LogP contribution in [0.4, 0.5) is 4.39 Å². The van der Waals surface area contributed by atoms with Gasteiger partial charge in [-0.05, 0) is 36.6 Å². The summed E-state index contributed by atoms with van der Waals surface area (Å²) < 4.78 is 13.6. The number of β-amino-alcohol motifs (C(OH)–C–C–N with tert-alkyl or cyclic N) is 1. The Morgan fingerprint density at radius 3 is 3.11 bits per heavy atom. The van der Waals surface area contributed by atoms with Gasteiger partial charge in [-0.2, -0.15) is 0 Å². The predicted octanol–water partition coefficient (Wildman–Crippen LogP) is 0.907. The van der Waals surface area contributed by atoms with Gasteiger partial charge in [0.25, 0.3) is 0 Å². The molecule has 0 aromatic heterocycles. The number of fused-ring (bicyclic) bond motifs is 1. The van der Waals surface area contributed by atoms with Crippen LogP contribution in [-0.2, 0) is 13.0 Å². The number of hydrogen-bond donors (Lipinski definition) is 2. The minimum Gasteiger partial charge on any atom is -0.390 e. The first-order chi connectivity index (χ1) is 8.75. The summed E-state index contributed by atoms with van der Waals surface area (Å²) in [6.45, 7) is 3.22. The molecule has 2 N–H and O–H groups in total. The molecule has 0 spiro atoms. The van der Waals surface area contributed by atoms with Crippen molar-refractivity contribution in [2.24, 2.45) is 0 Å². The Bertz CT molecular complexity index is 438. The molecular weight excluding hydrogens is 231 g/mol. The van der Waals surface area contributed by atoms with Gasteiger partial charge in [-0.3, -0.25) is 4.90 Å². The molecule has 3 nitrogen and oxygen atoms in total. The average Bonchev–Trinajstić information content (AvgIpc) is 2.39. The molecule has 0 bridgehead atoms. The first-order valence-corrected chi connectivity index (χ1v) is 6.65. The van der Waals surface area contributed by atoms with Crippen LogP contribution in [0.15, 0.2) is 18.2 Å². The maximum atomic E-state index is 13.6. The fraction of sp³-hybridized carbons (Fsp3) is 0.571. The Hall–Kier alpha value is -0.970. The lowest BCUT2D eigenvalue weighted by molar-refractivity contribution is 0.0217. The summed E-state index contributed by atoms with van der Waals surface area (Å²) in [5, 5.41) is 13.2. The molecule has 4 heteroatoms. The van der Waals surface area contributed by atoms with Crippen LogP contribution in [-0.4, -0.2) is 41.8 Å². The van der Waals surface area contributed by atoms with Crippen molar-refractivity contribution < 1.29 is 9.50 Å². The topological polar surface area (TPSA) is 35.5 Å². The van der Waals surface area contributed by atoms with Gasteiger partial charge in [0.1, 0.15) is 5.82 Å². The molecule has 2 unspecified atom stereocenters. The summed E-state index contributed by atoms with van der Waals surface area (Å²) in [4.78, 5) is 2.30. The lowest BCUT2D eigenvalue weighted by Crippen LogP contribution is -2.53. The second kappa shape index (κ2) is 4.96. The Balaban J connectivity index is 1.78. The Morgan fingerprint density at radius 2 is 2.28 bits per heavy atom. The molecule has 2 heterocycles. The lowest BCUT2D eigenvalue weighted by atomic mass is 9.94. The first-order valence-electron chi connectivity index (χ1n) is 6.65.